The predicted molar refractivity (Wildman–Crippen MR) is 121 cm³/mol. The molecule has 0 unspecified atom stereocenters. The lowest BCUT2D eigenvalue weighted by Crippen LogP contribution is -2.12. The van der Waals surface area contributed by atoms with Crippen molar-refractivity contribution in [3.8, 4) is 27.6 Å². The third kappa shape index (κ3) is 4.31. The van der Waals surface area contributed by atoms with E-state index in [9.17, 15) is 0 Å². The van der Waals surface area contributed by atoms with Crippen molar-refractivity contribution in [3.63, 3.8) is 0 Å². The number of rotatable bonds is 5. The van der Waals surface area contributed by atoms with Gasteiger partial charge in [-0.2, -0.15) is 0 Å². The van der Waals surface area contributed by atoms with Crippen LogP contribution in [0.5, 0.6) is 5.75 Å². The number of aliphatic imine (C=N–C) groups is 1. The quantitative estimate of drug-likeness (QED) is 0.310. The van der Waals surface area contributed by atoms with Crippen LogP contribution in [0.1, 0.15) is 5.56 Å². The molecule has 4 aromatic rings. The molecule has 4 rings (SSSR count). The smallest absolute Gasteiger partial charge is 0.146 e. The van der Waals surface area contributed by atoms with E-state index in [1.165, 1.54) is 11.3 Å². The zero-order valence-electron chi connectivity index (χ0n) is 15.7. The van der Waals surface area contributed by atoms with Crippen LogP contribution in [-0.4, -0.2) is 17.9 Å². The van der Waals surface area contributed by atoms with Crippen LogP contribution >= 0.6 is 22.9 Å². The standard InChI is InChI=1S/C23H18ClN3OS/c1-28-19-13-9-17(10-14-19)22-26-20(15-5-3-2-4-6-15)23(29-22)27-21(25)16-7-11-18(24)12-8-16/h2-14H,1H3,(H2,25,27). The maximum atomic E-state index is 6.28. The van der Waals surface area contributed by atoms with E-state index >= 15 is 0 Å². The normalized spacial score (nSPS) is 11.4. The maximum Gasteiger partial charge on any atom is 0.146 e. The molecule has 0 bridgehead atoms. The lowest BCUT2D eigenvalue weighted by molar-refractivity contribution is 0.415. The van der Waals surface area contributed by atoms with Crippen molar-refractivity contribution in [1.82, 2.24) is 4.98 Å². The molecule has 6 heteroatoms. The second kappa shape index (κ2) is 8.47. The molecular formula is C23H18ClN3OS. The van der Waals surface area contributed by atoms with Crippen molar-refractivity contribution in [2.24, 2.45) is 10.7 Å². The molecule has 0 atom stereocenters. The number of ether oxygens (including phenoxy) is 1. The fraction of sp³-hybridized carbons (Fsp3) is 0.0435. The lowest BCUT2D eigenvalue weighted by atomic mass is 10.1. The maximum absolute atomic E-state index is 6.28. The second-order valence-electron chi connectivity index (χ2n) is 6.27. The molecule has 0 aliphatic heterocycles. The van der Waals surface area contributed by atoms with Gasteiger partial charge in [0.2, 0.25) is 0 Å². The highest BCUT2D eigenvalue weighted by molar-refractivity contribution is 7.19. The molecule has 2 N–H and O–H groups in total. The number of thiazole rings is 1. The van der Waals surface area contributed by atoms with Crippen LogP contribution in [0.3, 0.4) is 0 Å². The van der Waals surface area contributed by atoms with Crippen LogP contribution in [0.15, 0.2) is 83.9 Å². The molecule has 4 nitrogen and oxygen atoms in total. The van der Waals surface area contributed by atoms with E-state index in [-0.39, 0.29) is 0 Å². The molecule has 29 heavy (non-hydrogen) atoms. The van der Waals surface area contributed by atoms with Gasteiger partial charge in [0.15, 0.2) is 0 Å². The van der Waals surface area contributed by atoms with Crippen molar-refractivity contribution in [1.29, 1.82) is 0 Å². The molecule has 0 amide bonds. The summed E-state index contributed by atoms with van der Waals surface area (Å²) in [5, 5.41) is 2.29. The first kappa shape index (κ1) is 19.2. The minimum Gasteiger partial charge on any atom is -0.497 e. The summed E-state index contributed by atoms with van der Waals surface area (Å²) in [6, 6.07) is 25.1. The van der Waals surface area contributed by atoms with Crippen LogP contribution in [0, 0.1) is 0 Å². The van der Waals surface area contributed by atoms with Gasteiger partial charge in [0.1, 0.15) is 27.3 Å². The number of nitrogens with two attached hydrogens (primary N) is 1. The van der Waals surface area contributed by atoms with Gasteiger partial charge >= 0.3 is 0 Å². The fourth-order valence-corrected chi connectivity index (χ4v) is 3.93. The average molecular weight is 420 g/mol. The summed E-state index contributed by atoms with van der Waals surface area (Å²) < 4.78 is 5.25. The van der Waals surface area contributed by atoms with Crippen LogP contribution in [0.2, 0.25) is 5.02 Å². The van der Waals surface area contributed by atoms with Gasteiger partial charge < -0.3 is 10.5 Å². The molecule has 0 radical (unpaired) electrons. The first-order chi connectivity index (χ1) is 14.1. The molecule has 144 valence electrons. The first-order valence-electron chi connectivity index (χ1n) is 8.95. The molecule has 3 aromatic carbocycles. The number of halogens is 1. The van der Waals surface area contributed by atoms with E-state index in [4.69, 9.17) is 32.0 Å². The fourth-order valence-electron chi connectivity index (χ4n) is 2.82. The molecule has 1 heterocycles. The van der Waals surface area contributed by atoms with E-state index in [2.05, 4.69) is 0 Å². The van der Waals surface area contributed by atoms with Gasteiger partial charge in [-0.25, -0.2) is 9.98 Å². The zero-order valence-corrected chi connectivity index (χ0v) is 17.2. The number of hydrogen-bond donors (Lipinski definition) is 1. The Morgan fingerprint density at radius 2 is 1.62 bits per heavy atom. The number of nitrogens with zero attached hydrogens (tertiary/aromatic N) is 2. The number of methoxy groups -OCH3 is 1. The van der Waals surface area contributed by atoms with Gasteiger partial charge in [0.25, 0.3) is 0 Å². The Balaban J connectivity index is 1.79. The van der Waals surface area contributed by atoms with E-state index < -0.39 is 0 Å². The lowest BCUT2D eigenvalue weighted by Gasteiger charge is -2.02. The van der Waals surface area contributed by atoms with Crippen LogP contribution in [0.4, 0.5) is 5.00 Å². The summed E-state index contributed by atoms with van der Waals surface area (Å²) in [7, 11) is 1.65. The minimum atomic E-state index is 0.420. The summed E-state index contributed by atoms with van der Waals surface area (Å²) >= 11 is 7.48. The number of hydrogen-bond acceptors (Lipinski definition) is 4. The summed E-state index contributed by atoms with van der Waals surface area (Å²) in [5.74, 6) is 1.22. The third-order valence-electron chi connectivity index (χ3n) is 4.36. The van der Waals surface area contributed by atoms with Crippen LogP contribution in [-0.2, 0) is 0 Å². The Morgan fingerprint density at radius 1 is 0.931 bits per heavy atom. The molecule has 0 spiro atoms. The van der Waals surface area contributed by atoms with Crippen LogP contribution in [0.25, 0.3) is 21.8 Å². The van der Waals surface area contributed by atoms with Gasteiger partial charge in [-0.1, -0.05) is 53.3 Å². The second-order valence-corrected chi connectivity index (χ2v) is 7.69. The first-order valence-corrected chi connectivity index (χ1v) is 10.1. The topological polar surface area (TPSA) is 60.5 Å². The number of amidine groups is 1. The SMILES string of the molecule is COc1ccc(-c2nc(-c3ccccc3)c(/N=C(\N)c3ccc(Cl)cc3)s2)cc1. The number of aromatic nitrogens is 1. The summed E-state index contributed by atoms with van der Waals surface area (Å²) in [5.41, 5.74) is 9.89. The van der Waals surface area contributed by atoms with E-state index in [1.54, 1.807) is 19.2 Å². The zero-order chi connectivity index (χ0) is 20.2. The molecule has 0 fully saturated rings. The van der Waals surface area contributed by atoms with Gasteiger partial charge in [0.05, 0.1) is 7.11 Å². The van der Waals surface area contributed by atoms with Crippen molar-refractivity contribution in [2.75, 3.05) is 7.11 Å². The van der Waals surface area contributed by atoms with Gasteiger partial charge in [-0.15, -0.1) is 0 Å². The summed E-state index contributed by atoms with van der Waals surface area (Å²) in [6.07, 6.45) is 0. The van der Waals surface area contributed by atoms with Crippen molar-refractivity contribution in [2.45, 2.75) is 0 Å². The highest BCUT2D eigenvalue weighted by atomic mass is 35.5. The Bertz CT molecular complexity index is 1140. The summed E-state index contributed by atoms with van der Waals surface area (Å²) in [4.78, 5) is 9.56. The minimum absolute atomic E-state index is 0.420. The van der Waals surface area contributed by atoms with E-state index in [0.717, 1.165) is 38.1 Å². The van der Waals surface area contributed by atoms with Gasteiger partial charge in [0, 0.05) is 21.7 Å². The van der Waals surface area contributed by atoms with Gasteiger partial charge in [-0.05, 0) is 48.5 Å². The largest absolute Gasteiger partial charge is 0.497 e. The monoisotopic (exact) mass is 419 g/mol. The highest BCUT2D eigenvalue weighted by Gasteiger charge is 2.15. The third-order valence-corrected chi connectivity index (χ3v) is 5.61. The Morgan fingerprint density at radius 3 is 2.28 bits per heavy atom. The summed E-state index contributed by atoms with van der Waals surface area (Å²) in [6.45, 7) is 0. The molecule has 0 aliphatic rings. The molecule has 0 saturated carbocycles. The molecule has 0 saturated heterocycles. The predicted octanol–water partition coefficient (Wildman–Crippen LogP) is 6.18. The van der Waals surface area contributed by atoms with E-state index in [1.807, 2.05) is 66.7 Å². The number of benzene rings is 3. The van der Waals surface area contributed by atoms with E-state index in [0.29, 0.717) is 10.9 Å². The van der Waals surface area contributed by atoms with Crippen LogP contribution < -0.4 is 10.5 Å². The Labute approximate surface area is 178 Å². The van der Waals surface area contributed by atoms with Crippen molar-refractivity contribution in [3.05, 3.63) is 89.4 Å². The Kier molecular flexibility index (Phi) is 5.60. The molecular weight excluding hydrogens is 402 g/mol. The van der Waals surface area contributed by atoms with Gasteiger partial charge in [-0.3, -0.25) is 0 Å². The molecule has 0 aliphatic carbocycles. The highest BCUT2D eigenvalue weighted by Crippen LogP contribution is 2.40. The Hall–Kier alpha value is -3.15. The van der Waals surface area contributed by atoms with Crippen molar-refractivity contribution >= 4 is 33.8 Å². The van der Waals surface area contributed by atoms with Crippen molar-refractivity contribution < 1.29 is 4.74 Å². The molecule has 1 aromatic heterocycles. The average Bonchev–Trinajstić information content (AvgIpc) is 3.18.